The Kier molecular flexibility index (Phi) is 3.76. The molecule has 1 radical (unpaired) electrons. The minimum Gasteiger partial charge on any atom is -0.372 e. The Balaban J connectivity index is 2.98. The third-order valence-electron chi connectivity index (χ3n) is 1.41. The Bertz CT molecular complexity index is 246. The molecule has 1 unspecified atom stereocenters. The second kappa shape index (κ2) is 4.22. The lowest BCUT2D eigenvalue weighted by molar-refractivity contribution is 0.188. The molecule has 0 fully saturated rings. The predicted octanol–water partition coefficient (Wildman–Crippen LogP) is 3.51. The molecule has 0 aliphatic rings. The quantitative estimate of drug-likeness (QED) is 0.803. The first-order valence-corrected chi connectivity index (χ1v) is 5.58. The summed E-state index contributed by atoms with van der Waals surface area (Å²) in [6.07, 6.45) is 0. The molecule has 1 nitrogen and oxygen atoms in total. The average molecular weight is 358 g/mol. The summed E-state index contributed by atoms with van der Waals surface area (Å²) in [5, 5.41) is 9.85. The predicted molar refractivity (Wildman–Crippen MR) is 60.4 cm³/mol. The van der Waals surface area contributed by atoms with Gasteiger partial charge in [0, 0.05) is 0 Å². The van der Waals surface area contributed by atoms with E-state index in [1.165, 1.54) is 0 Å². The van der Waals surface area contributed by atoms with Gasteiger partial charge in [0.1, 0.15) is 0 Å². The molecular formula is C8H6Br3O. The third kappa shape index (κ3) is 2.31. The normalized spacial score (nSPS) is 16.1. The number of rotatable bonds is 2. The molecule has 0 aromatic heterocycles. The number of aliphatic hydroxyl groups is 1. The monoisotopic (exact) mass is 355 g/mol. The lowest BCUT2D eigenvalue weighted by atomic mass is 10.1. The van der Waals surface area contributed by atoms with Crippen LogP contribution in [0.5, 0.6) is 0 Å². The highest BCUT2D eigenvalue weighted by Gasteiger charge is 2.33. The van der Waals surface area contributed by atoms with Crippen LogP contribution in [0.15, 0.2) is 30.3 Å². The van der Waals surface area contributed by atoms with Crippen molar-refractivity contribution in [3.05, 3.63) is 39.6 Å². The molecule has 0 bridgehead atoms. The second-order valence-corrected chi connectivity index (χ2v) is 6.05. The van der Waals surface area contributed by atoms with Gasteiger partial charge in [0.25, 0.3) is 0 Å². The van der Waals surface area contributed by atoms with Gasteiger partial charge in [-0.05, 0) is 21.5 Å². The molecule has 65 valence electrons. The maximum atomic E-state index is 9.85. The molecule has 0 aliphatic heterocycles. The van der Waals surface area contributed by atoms with Crippen LogP contribution >= 0.6 is 47.8 Å². The maximum Gasteiger partial charge on any atom is 0.172 e. The summed E-state index contributed by atoms with van der Waals surface area (Å²) in [5.41, 5.74) is 0.772. The number of hydrogen-bond acceptors (Lipinski definition) is 1. The number of benzene rings is 1. The van der Waals surface area contributed by atoms with Crippen LogP contribution in [0.25, 0.3) is 0 Å². The van der Waals surface area contributed by atoms with Gasteiger partial charge in [0.15, 0.2) is 8.25 Å². The first-order chi connectivity index (χ1) is 5.55. The SMILES string of the molecule is OC(Br)([C](Br)Br)c1ccccc1. The zero-order valence-corrected chi connectivity index (χ0v) is 10.7. The lowest BCUT2D eigenvalue weighted by Gasteiger charge is -2.22. The van der Waals surface area contributed by atoms with Crippen molar-refractivity contribution in [3.63, 3.8) is 0 Å². The Morgan fingerprint density at radius 2 is 1.67 bits per heavy atom. The van der Waals surface area contributed by atoms with Crippen molar-refractivity contribution in [2.75, 3.05) is 0 Å². The van der Waals surface area contributed by atoms with Crippen molar-refractivity contribution in [1.29, 1.82) is 0 Å². The molecule has 1 aromatic carbocycles. The Morgan fingerprint density at radius 3 is 2.08 bits per heavy atom. The lowest BCUT2D eigenvalue weighted by Crippen LogP contribution is -2.18. The van der Waals surface area contributed by atoms with Crippen LogP contribution in [0.1, 0.15) is 5.56 Å². The van der Waals surface area contributed by atoms with Crippen LogP contribution in [-0.4, -0.2) is 5.11 Å². The number of alkyl halides is 1. The zero-order chi connectivity index (χ0) is 9.19. The second-order valence-electron chi connectivity index (χ2n) is 2.25. The van der Waals surface area contributed by atoms with Gasteiger partial charge < -0.3 is 5.11 Å². The van der Waals surface area contributed by atoms with Crippen molar-refractivity contribution < 1.29 is 5.11 Å². The van der Waals surface area contributed by atoms with Gasteiger partial charge in [-0.2, -0.15) is 0 Å². The smallest absolute Gasteiger partial charge is 0.172 e. The molecule has 12 heavy (non-hydrogen) atoms. The van der Waals surface area contributed by atoms with Crippen molar-refractivity contribution >= 4 is 47.8 Å². The van der Waals surface area contributed by atoms with E-state index >= 15 is 0 Å². The van der Waals surface area contributed by atoms with Crippen LogP contribution < -0.4 is 0 Å². The van der Waals surface area contributed by atoms with E-state index in [1.807, 2.05) is 30.3 Å². The van der Waals surface area contributed by atoms with Crippen LogP contribution in [0.3, 0.4) is 0 Å². The topological polar surface area (TPSA) is 20.2 Å². The van der Waals surface area contributed by atoms with Gasteiger partial charge in [0.2, 0.25) is 0 Å². The van der Waals surface area contributed by atoms with Gasteiger partial charge in [-0.1, -0.05) is 62.2 Å². The molecule has 0 saturated heterocycles. The summed E-state index contributed by atoms with van der Waals surface area (Å²) >= 11 is 9.52. The average Bonchev–Trinajstić information content (AvgIpc) is 2.06. The first-order valence-electron chi connectivity index (χ1n) is 3.20. The van der Waals surface area contributed by atoms with E-state index in [4.69, 9.17) is 0 Å². The molecule has 0 spiro atoms. The molecule has 0 saturated carbocycles. The van der Waals surface area contributed by atoms with Crippen molar-refractivity contribution in [1.82, 2.24) is 0 Å². The Hall–Kier alpha value is 0.620. The highest BCUT2D eigenvalue weighted by molar-refractivity contribution is 9.28. The summed E-state index contributed by atoms with van der Waals surface area (Å²) in [6, 6.07) is 9.29. The summed E-state index contributed by atoms with van der Waals surface area (Å²) in [5.74, 6) is 0. The summed E-state index contributed by atoms with van der Waals surface area (Å²) in [7, 11) is 0. The fourth-order valence-electron chi connectivity index (χ4n) is 0.768. The Morgan fingerprint density at radius 1 is 1.17 bits per heavy atom. The third-order valence-corrected chi connectivity index (χ3v) is 4.47. The molecule has 1 aromatic rings. The maximum absolute atomic E-state index is 9.85. The van der Waals surface area contributed by atoms with Gasteiger partial charge in [-0.3, -0.25) is 0 Å². The standard InChI is InChI=1S/C8H6Br3O/c9-7(10)8(11,12)6-4-2-1-3-5-6/h1-5,12H. The summed E-state index contributed by atoms with van der Waals surface area (Å²) < 4.78 is -0.595. The fraction of sp³-hybridized carbons (Fsp3) is 0.125. The molecule has 0 heterocycles. The van der Waals surface area contributed by atoms with Crippen LogP contribution in [0.4, 0.5) is 0 Å². The van der Waals surface area contributed by atoms with E-state index in [2.05, 4.69) is 47.8 Å². The number of hydrogen-bond donors (Lipinski definition) is 1. The van der Waals surface area contributed by atoms with Gasteiger partial charge >= 0.3 is 0 Å². The van der Waals surface area contributed by atoms with E-state index in [1.54, 1.807) is 0 Å². The van der Waals surface area contributed by atoms with E-state index in [0.29, 0.717) is 3.74 Å². The minimum absolute atomic E-state index is 0.550. The van der Waals surface area contributed by atoms with E-state index in [9.17, 15) is 5.11 Å². The largest absolute Gasteiger partial charge is 0.372 e. The molecule has 0 aliphatic carbocycles. The molecular weight excluding hydrogens is 352 g/mol. The minimum atomic E-state index is -1.14. The summed E-state index contributed by atoms with van der Waals surface area (Å²) in [6.45, 7) is 0. The van der Waals surface area contributed by atoms with Gasteiger partial charge in [-0.15, -0.1) is 0 Å². The van der Waals surface area contributed by atoms with Crippen LogP contribution in [0.2, 0.25) is 0 Å². The molecule has 1 N–H and O–H groups in total. The van der Waals surface area contributed by atoms with Crippen molar-refractivity contribution in [2.24, 2.45) is 0 Å². The van der Waals surface area contributed by atoms with Gasteiger partial charge in [0.05, 0.1) is 0 Å². The van der Waals surface area contributed by atoms with E-state index < -0.39 is 4.51 Å². The molecule has 1 atom stereocenters. The van der Waals surface area contributed by atoms with E-state index in [0.717, 1.165) is 5.56 Å². The van der Waals surface area contributed by atoms with Crippen LogP contribution in [0, 0.1) is 3.74 Å². The molecule has 4 heteroatoms. The van der Waals surface area contributed by atoms with Crippen molar-refractivity contribution in [3.8, 4) is 0 Å². The van der Waals surface area contributed by atoms with Gasteiger partial charge in [-0.25, -0.2) is 0 Å². The fourth-order valence-corrected chi connectivity index (χ4v) is 1.49. The number of halogens is 3. The molecule has 1 rings (SSSR count). The Labute approximate surface area is 96.6 Å². The first kappa shape index (κ1) is 10.7. The highest BCUT2D eigenvalue weighted by Crippen LogP contribution is 2.44. The van der Waals surface area contributed by atoms with E-state index in [-0.39, 0.29) is 0 Å². The van der Waals surface area contributed by atoms with Crippen LogP contribution in [-0.2, 0) is 4.51 Å². The summed E-state index contributed by atoms with van der Waals surface area (Å²) in [4.78, 5) is 0. The van der Waals surface area contributed by atoms with Crippen molar-refractivity contribution in [2.45, 2.75) is 4.51 Å². The zero-order valence-electron chi connectivity index (χ0n) is 5.97. The highest BCUT2D eigenvalue weighted by atomic mass is 79.9. The molecule has 0 amide bonds.